The fourth-order valence-electron chi connectivity index (χ4n) is 8.82. The number of hydrogen-bond acceptors (Lipinski definition) is 8. The summed E-state index contributed by atoms with van der Waals surface area (Å²) in [6.07, 6.45) is 0. The second-order valence-electron chi connectivity index (χ2n) is 16.7. The van der Waals surface area contributed by atoms with Crippen LogP contribution in [-0.2, 0) is 5.41 Å². The molecule has 8 aromatic rings. The Bertz CT molecular complexity index is 3000. The monoisotopic (exact) mass is 976 g/mol. The van der Waals surface area contributed by atoms with Gasteiger partial charge >= 0.3 is 47.8 Å². The van der Waals surface area contributed by atoms with Gasteiger partial charge in [-0.1, -0.05) is 97.1 Å². The quantitative estimate of drug-likeness (QED) is 0.0418. The van der Waals surface area contributed by atoms with E-state index in [1.807, 2.05) is 0 Å². The van der Waals surface area contributed by atoms with Crippen LogP contribution in [0, 0.1) is 0 Å². The third-order valence-corrected chi connectivity index (χ3v) is 12.3. The maximum Gasteiger partial charge on any atom is 0.335 e. The van der Waals surface area contributed by atoms with Gasteiger partial charge in [-0.05, 0) is 140 Å². The normalized spacial score (nSPS) is 11.1. The molecule has 0 fully saturated rings. The van der Waals surface area contributed by atoms with Crippen molar-refractivity contribution in [1.29, 1.82) is 0 Å². The van der Waals surface area contributed by atoms with Crippen LogP contribution in [-0.4, -0.2) is 88.6 Å². The first-order valence-electron chi connectivity index (χ1n) is 21.6. The topological polar surface area (TPSA) is 298 Å². The molecule has 0 atom stereocenters. The van der Waals surface area contributed by atoms with Crippen molar-refractivity contribution in [3.8, 4) is 44.5 Å². The minimum atomic E-state index is -1.41. The van der Waals surface area contributed by atoms with Gasteiger partial charge in [0.1, 0.15) is 0 Å². The van der Waals surface area contributed by atoms with E-state index in [-0.39, 0.29) is 66.8 Å². The van der Waals surface area contributed by atoms with Crippen molar-refractivity contribution in [2.24, 2.45) is 0 Å². The van der Waals surface area contributed by atoms with Crippen molar-refractivity contribution in [1.82, 2.24) is 0 Å². The van der Waals surface area contributed by atoms with E-state index in [0.29, 0.717) is 44.5 Å². The Morgan fingerprint density at radius 3 is 0.466 bits per heavy atom. The molecular weight excluding hydrogens is 941 g/mol. The van der Waals surface area contributed by atoms with Gasteiger partial charge < -0.3 is 40.9 Å². The summed E-state index contributed by atoms with van der Waals surface area (Å²) in [6, 6.07) is 41.9. The van der Waals surface area contributed by atoms with Crippen LogP contribution in [0.4, 0.5) is 0 Å². The molecule has 0 aromatic heterocycles. The molecule has 73 heavy (non-hydrogen) atoms. The zero-order valence-electron chi connectivity index (χ0n) is 37.5. The molecule has 0 saturated carbocycles. The molecule has 8 aromatic carbocycles. The molecule has 360 valence electrons. The van der Waals surface area contributed by atoms with E-state index in [0.717, 1.165) is 24.3 Å². The first-order chi connectivity index (χ1) is 34.7. The standard InChI is InChI=1S/C57H36O16/c58-49(59)37-17-33(18-38(25-37)50(60)61)29-1-9-45(10-2-29)57(46-11-3-30(4-12-46)34-19-39(51(62)63)26-40(20-34)52(64)65,47-13-5-31(6-14-47)35-21-41(53(66)67)27-42(22-35)54(68)69)48-15-7-32(8-16-48)36-23-43(55(70)71)28-44(24-36)56(72)73/h1-28H,(H,58,59)(H,60,61)(H,62,63)(H,64,65)(H,66,67)(H,68,69)(H,70,71)(H,72,73). The van der Waals surface area contributed by atoms with Gasteiger partial charge in [-0.2, -0.15) is 0 Å². The molecule has 0 radical (unpaired) electrons. The summed E-state index contributed by atoms with van der Waals surface area (Å²) in [6.45, 7) is 0. The number of carboxylic acid groups (broad SMARTS) is 8. The molecule has 0 aliphatic rings. The van der Waals surface area contributed by atoms with Crippen molar-refractivity contribution >= 4 is 47.8 Å². The van der Waals surface area contributed by atoms with E-state index < -0.39 is 53.2 Å². The molecule has 0 amide bonds. The molecule has 16 heteroatoms. The van der Waals surface area contributed by atoms with Crippen LogP contribution in [0.1, 0.15) is 105 Å². The lowest BCUT2D eigenvalue weighted by Crippen LogP contribution is -2.31. The number of aromatic carboxylic acids is 8. The molecule has 0 heterocycles. The van der Waals surface area contributed by atoms with Crippen LogP contribution >= 0.6 is 0 Å². The number of benzene rings is 8. The number of carbonyl (C=O) groups is 8. The molecule has 0 aliphatic heterocycles. The Morgan fingerprint density at radius 1 is 0.205 bits per heavy atom. The highest BCUT2D eigenvalue weighted by molar-refractivity contribution is 5.99. The van der Waals surface area contributed by atoms with Crippen molar-refractivity contribution in [3.05, 3.63) is 237 Å². The first-order valence-corrected chi connectivity index (χ1v) is 21.6. The summed E-state index contributed by atoms with van der Waals surface area (Å²) in [4.78, 5) is 96.7. The van der Waals surface area contributed by atoms with Gasteiger partial charge in [0, 0.05) is 0 Å². The maximum absolute atomic E-state index is 12.1. The van der Waals surface area contributed by atoms with Gasteiger partial charge in [0.2, 0.25) is 0 Å². The van der Waals surface area contributed by atoms with Crippen LogP contribution in [0.5, 0.6) is 0 Å². The Hall–Kier alpha value is -10.5. The number of rotatable bonds is 16. The van der Waals surface area contributed by atoms with Crippen LogP contribution in [0.3, 0.4) is 0 Å². The summed E-state index contributed by atoms with van der Waals surface area (Å²) in [7, 11) is 0. The highest BCUT2D eigenvalue weighted by Crippen LogP contribution is 2.47. The SMILES string of the molecule is O=C(O)c1cc(C(=O)O)cc(-c2ccc(C(c3ccc(-c4cc(C(=O)O)cc(C(=O)O)c4)cc3)(c3ccc(-c4cc(C(=O)O)cc(C(=O)O)c4)cc3)c3ccc(-c4cc(C(=O)O)cc(C(=O)O)c4)cc3)cc2)c1. The van der Waals surface area contributed by atoms with Gasteiger partial charge in [-0.15, -0.1) is 0 Å². The third-order valence-electron chi connectivity index (χ3n) is 12.3. The van der Waals surface area contributed by atoms with Crippen LogP contribution in [0.15, 0.2) is 170 Å². The molecule has 0 unspecified atom stereocenters. The zero-order valence-corrected chi connectivity index (χ0v) is 37.5. The van der Waals surface area contributed by atoms with E-state index in [4.69, 9.17) is 0 Å². The summed E-state index contributed by atoms with van der Waals surface area (Å²) in [5.74, 6) is -10.8. The summed E-state index contributed by atoms with van der Waals surface area (Å²) >= 11 is 0. The molecule has 0 saturated heterocycles. The van der Waals surface area contributed by atoms with Crippen LogP contribution < -0.4 is 0 Å². The van der Waals surface area contributed by atoms with Gasteiger partial charge in [0.15, 0.2) is 0 Å². The molecular formula is C57H36O16. The maximum atomic E-state index is 12.1. The van der Waals surface area contributed by atoms with E-state index in [1.165, 1.54) is 48.5 Å². The first kappa shape index (κ1) is 49.0. The van der Waals surface area contributed by atoms with E-state index in [1.54, 1.807) is 97.1 Å². The molecule has 0 bridgehead atoms. The minimum Gasteiger partial charge on any atom is -0.478 e. The minimum absolute atomic E-state index is 0.269. The lowest BCUT2D eigenvalue weighted by atomic mass is 9.64. The largest absolute Gasteiger partial charge is 0.478 e. The summed E-state index contributed by atoms with van der Waals surface area (Å²) in [5, 5.41) is 78.8. The Kier molecular flexibility index (Phi) is 13.1. The van der Waals surface area contributed by atoms with Crippen LogP contribution in [0.2, 0.25) is 0 Å². The number of hydrogen-bond donors (Lipinski definition) is 8. The second-order valence-corrected chi connectivity index (χ2v) is 16.7. The molecule has 8 rings (SSSR count). The highest BCUT2D eigenvalue weighted by Gasteiger charge is 2.39. The predicted molar refractivity (Wildman–Crippen MR) is 262 cm³/mol. The Labute approximate surface area is 412 Å². The van der Waals surface area contributed by atoms with Crippen molar-refractivity contribution in [2.75, 3.05) is 0 Å². The Morgan fingerprint density at radius 2 is 0.342 bits per heavy atom. The smallest absolute Gasteiger partial charge is 0.335 e. The van der Waals surface area contributed by atoms with E-state index in [9.17, 15) is 79.2 Å². The van der Waals surface area contributed by atoms with Gasteiger partial charge in [-0.25, -0.2) is 38.4 Å². The third kappa shape index (κ3) is 9.75. The van der Waals surface area contributed by atoms with Crippen LogP contribution in [0.25, 0.3) is 44.5 Å². The predicted octanol–water partition coefficient (Wildman–Crippen LogP) is 10.3. The molecule has 0 spiro atoms. The second kappa shape index (κ2) is 19.5. The van der Waals surface area contributed by atoms with Gasteiger partial charge in [0.25, 0.3) is 0 Å². The number of carboxylic acids is 8. The average Bonchev–Trinajstić information content (AvgIpc) is 3.38. The average molecular weight is 977 g/mol. The molecule has 0 aliphatic carbocycles. The van der Waals surface area contributed by atoms with Gasteiger partial charge in [0.05, 0.1) is 49.9 Å². The van der Waals surface area contributed by atoms with Crippen molar-refractivity contribution in [2.45, 2.75) is 5.41 Å². The fraction of sp³-hybridized carbons (Fsp3) is 0.0175. The van der Waals surface area contributed by atoms with E-state index in [2.05, 4.69) is 0 Å². The molecule has 16 nitrogen and oxygen atoms in total. The fourth-order valence-corrected chi connectivity index (χ4v) is 8.82. The summed E-state index contributed by atoms with van der Waals surface area (Å²) < 4.78 is 0. The Balaban J connectivity index is 1.40. The summed E-state index contributed by atoms with van der Waals surface area (Å²) in [5.41, 5.74) is 1.37. The van der Waals surface area contributed by atoms with Gasteiger partial charge in [-0.3, -0.25) is 0 Å². The lowest BCUT2D eigenvalue weighted by molar-refractivity contribution is 0.0676. The zero-order chi connectivity index (χ0) is 52.5. The molecule has 8 N–H and O–H groups in total. The van der Waals surface area contributed by atoms with Crippen molar-refractivity contribution < 1.29 is 79.2 Å². The highest BCUT2D eigenvalue weighted by atomic mass is 16.4. The lowest BCUT2D eigenvalue weighted by Gasteiger charge is -2.37. The van der Waals surface area contributed by atoms with Crippen molar-refractivity contribution in [3.63, 3.8) is 0 Å². The van der Waals surface area contributed by atoms with E-state index >= 15 is 0 Å².